The number of ether oxygens (including phenoxy) is 1. The van der Waals surface area contributed by atoms with Crippen LogP contribution < -0.4 is 9.64 Å². The van der Waals surface area contributed by atoms with Crippen LogP contribution in [-0.2, 0) is 0 Å². The van der Waals surface area contributed by atoms with Crippen molar-refractivity contribution in [2.45, 2.75) is 32.2 Å². The Labute approximate surface area is 129 Å². The molecule has 0 aliphatic carbocycles. The van der Waals surface area contributed by atoms with Crippen LogP contribution in [0.2, 0.25) is 0 Å². The van der Waals surface area contributed by atoms with E-state index in [4.69, 9.17) is 4.74 Å². The molecule has 1 saturated heterocycles. The van der Waals surface area contributed by atoms with Crippen molar-refractivity contribution in [1.29, 1.82) is 0 Å². The molecule has 1 aliphatic rings. The van der Waals surface area contributed by atoms with E-state index in [9.17, 15) is 0 Å². The average molecular weight is 296 g/mol. The van der Waals surface area contributed by atoms with Crippen molar-refractivity contribution in [1.82, 2.24) is 15.0 Å². The molecule has 0 spiro atoms. The number of fused-ring (bicyclic) bond motifs is 3. The third-order valence-electron chi connectivity index (χ3n) is 4.64. The average Bonchev–Trinajstić information content (AvgIpc) is 2.93. The number of piperidine rings is 1. The minimum atomic E-state index is 0.521. The molecule has 0 saturated carbocycles. The highest BCUT2D eigenvalue weighted by atomic mass is 16.5. The summed E-state index contributed by atoms with van der Waals surface area (Å²) >= 11 is 0. The van der Waals surface area contributed by atoms with Gasteiger partial charge in [-0.05, 0) is 44.4 Å². The maximum absolute atomic E-state index is 5.34. The molecule has 0 bridgehead atoms. The summed E-state index contributed by atoms with van der Waals surface area (Å²) in [6.07, 6.45) is 5.42. The predicted molar refractivity (Wildman–Crippen MR) is 88.6 cm³/mol. The van der Waals surface area contributed by atoms with Gasteiger partial charge in [-0.25, -0.2) is 9.97 Å². The van der Waals surface area contributed by atoms with E-state index in [-0.39, 0.29) is 0 Å². The molecule has 4 rings (SSSR count). The first kappa shape index (κ1) is 13.4. The Morgan fingerprint density at radius 1 is 1.27 bits per heavy atom. The number of anilines is 1. The summed E-state index contributed by atoms with van der Waals surface area (Å²) in [4.78, 5) is 15.0. The first-order valence-electron chi connectivity index (χ1n) is 7.85. The van der Waals surface area contributed by atoms with Gasteiger partial charge in [-0.1, -0.05) is 0 Å². The monoisotopic (exact) mass is 296 g/mol. The van der Waals surface area contributed by atoms with E-state index in [1.165, 1.54) is 19.3 Å². The third kappa shape index (κ3) is 2.00. The van der Waals surface area contributed by atoms with Crippen LogP contribution in [0.4, 0.5) is 5.82 Å². The van der Waals surface area contributed by atoms with Gasteiger partial charge in [-0.3, -0.25) is 0 Å². The zero-order chi connectivity index (χ0) is 15.1. The molecular formula is C17H20N4O. The van der Waals surface area contributed by atoms with Crippen molar-refractivity contribution in [3.05, 3.63) is 24.5 Å². The highest BCUT2D eigenvalue weighted by Gasteiger charge is 2.23. The van der Waals surface area contributed by atoms with Crippen LogP contribution in [0.5, 0.6) is 5.75 Å². The molecule has 1 aromatic carbocycles. The summed E-state index contributed by atoms with van der Waals surface area (Å²) in [6, 6.07) is 6.56. The van der Waals surface area contributed by atoms with Gasteiger partial charge in [-0.15, -0.1) is 0 Å². The summed E-state index contributed by atoms with van der Waals surface area (Å²) in [7, 11) is 1.69. The Bertz CT molecular complexity index is 826. The Hall–Kier alpha value is -2.30. The van der Waals surface area contributed by atoms with E-state index in [1.807, 2.05) is 18.2 Å². The quantitative estimate of drug-likeness (QED) is 0.786. The minimum absolute atomic E-state index is 0.521. The van der Waals surface area contributed by atoms with Gasteiger partial charge in [-0.2, -0.15) is 0 Å². The van der Waals surface area contributed by atoms with Crippen LogP contribution in [0.3, 0.4) is 0 Å². The van der Waals surface area contributed by atoms with Crippen molar-refractivity contribution in [2.24, 2.45) is 0 Å². The van der Waals surface area contributed by atoms with E-state index < -0.39 is 0 Å². The summed E-state index contributed by atoms with van der Waals surface area (Å²) in [5.74, 6) is 1.87. The standard InChI is InChI=1S/C17H20N4O/c1-11-5-3-4-8-21(11)17-16-15(18-10-19-17)13-9-12(22-2)6-7-14(13)20-16/h6-7,9-11,20H,3-5,8H2,1-2H3. The molecule has 0 amide bonds. The summed E-state index contributed by atoms with van der Waals surface area (Å²) in [5, 5.41) is 1.09. The summed E-state index contributed by atoms with van der Waals surface area (Å²) in [6.45, 7) is 3.34. The Morgan fingerprint density at radius 3 is 3.00 bits per heavy atom. The number of rotatable bonds is 2. The van der Waals surface area contributed by atoms with Crippen molar-refractivity contribution in [2.75, 3.05) is 18.6 Å². The first-order chi connectivity index (χ1) is 10.8. The third-order valence-corrected chi connectivity index (χ3v) is 4.64. The van der Waals surface area contributed by atoms with Crippen molar-refractivity contribution < 1.29 is 4.74 Å². The van der Waals surface area contributed by atoms with Gasteiger partial charge in [0.25, 0.3) is 0 Å². The smallest absolute Gasteiger partial charge is 0.156 e. The number of nitrogens with one attached hydrogen (secondary N) is 1. The molecule has 1 unspecified atom stereocenters. The van der Waals surface area contributed by atoms with Crippen LogP contribution >= 0.6 is 0 Å². The number of H-pyrrole nitrogens is 1. The zero-order valence-corrected chi connectivity index (χ0v) is 13.0. The van der Waals surface area contributed by atoms with E-state index in [1.54, 1.807) is 13.4 Å². The molecule has 114 valence electrons. The fourth-order valence-electron chi connectivity index (χ4n) is 3.42. The first-order valence-corrected chi connectivity index (χ1v) is 7.85. The zero-order valence-electron chi connectivity index (χ0n) is 13.0. The lowest BCUT2D eigenvalue weighted by Gasteiger charge is -2.34. The maximum Gasteiger partial charge on any atom is 0.156 e. The molecule has 0 radical (unpaired) electrons. The number of hydrogen-bond acceptors (Lipinski definition) is 4. The Balaban J connectivity index is 1.92. The van der Waals surface area contributed by atoms with Gasteiger partial charge in [0.05, 0.1) is 7.11 Å². The van der Waals surface area contributed by atoms with Crippen LogP contribution in [0.25, 0.3) is 21.9 Å². The van der Waals surface area contributed by atoms with Crippen LogP contribution in [0.1, 0.15) is 26.2 Å². The lowest BCUT2D eigenvalue weighted by atomic mass is 10.0. The molecule has 1 fully saturated rings. The second-order valence-corrected chi connectivity index (χ2v) is 6.00. The fraction of sp³-hybridized carbons (Fsp3) is 0.412. The Kier molecular flexibility index (Phi) is 3.13. The van der Waals surface area contributed by atoms with Gasteiger partial charge in [0, 0.05) is 23.5 Å². The molecule has 3 heterocycles. The molecule has 5 heteroatoms. The Morgan fingerprint density at radius 2 is 2.18 bits per heavy atom. The van der Waals surface area contributed by atoms with E-state index in [0.717, 1.165) is 40.0 Å². The van der Waals surface area contributed by atoms with E-state index >= 15 is 0 Å². The second kappa shape index (κ2) is 5.16. The van der Waals surface area contributed by atoms with Crippen molar-refractivity contribution in [3.63, 3.8) is 0 Å². The van der Waals surface area contributed by atoms with Gasteiger partial charge in [0.1, 0.15) is 23.1 Å². The SMILES string of the molecule is COc1ccc2[nH]c3c(N4CCCCC4C)ncnc3c2c1. The maximum atomic E-state index is 5.34. The minimum Gasteiger partial charge on any atom is -0.497 e. The van der Waals surface area contributed by atoms with Crippen LogP contribution in [0.15, 0.2) is 24.5 Å². The molecule has 22 heavy (non-hydrogen) atoms. The summed E-state index contributed by atoms with van der Waals surface area (Å²) < 4.78 is 5.34. The molecule has 1 atom stereocenters. The van der Waals surface area contributed by atoms with Gasteiger partial charge in [0.2, 0.25) is 0 Å². The van der Waals surface area contributed by atoms with Crippen molar-refractivity contribution in [3.8, 4) is 5.75 Å². The molecule has 5 nitrogen and oxygen atoms in total. The highest BCUT2D eigenvalue weighted by Crippen LogP contribution is 2.33. The van der Waals surface area contributed by atoms with E-state index in [0.29, 0.717) is 6.04 Å². The van der Waals surface area contributed by atoms with Crippen molar-refractivity contribution >= 4 is 27.8 Å². The number of benzene rings is 1. The number of aromatic amines is 1. The number of nitrogens with zero attached hydrogens (tertiary/aromatic N) is 3. The van der Waals surface area contributed by atoms with Crippen LogP contribution in [0, 0.1) is 0 Å². The topological polar surface area (TPSA) is 54.0 Å². The second-order valence-electron chi connectivity index (χ2n) is 6.00. The largest absolute Gasteiger partial charge is 0.497 e. The van der Waals surface area contributed by atoms with Gasteiger partial charge < -0.3 is 14.6 Å². The molecular weight excluding hydrogens is 276 g/mol. The number of hydrogen-bond donors (Lipinski definition) is 1. The number of aromatic nitrogens is 3. The highest BCUT2D eigenvalue weighted by molar-refractivity contribution is 6.08. The predicted octanol–water partition coefficient (Wildman–Crippen LogP) is 3.50. The van der Waals surface area contributed by atoms with E-state index in [2.05, 4.69) is 26.8 Å². The number of methoxy groups -OCH3 is 1. The fourth-order valence-corrected chi connectivity index (χ4v) is 3.42. The van der Waals surface area contributed by atoms with Crippen LogP contribution in [-0.4, -0.2) is 34.6 Å². The summed E-state index contributed by atoms with van der Waals surface area (Å²) in [5.41, 5.74) is 3.07. The molecule has 1 N–H and O–H groups in total. The van der Waals surface area contributed by atoms with Gasteiger partial charge >= 0.3 is 0 Å². The van der Waals surface area contributed by atoms with Gasteiger partial charge in [0.15, 0.2) is 5.82 Å². The molecule has 1 aliphatic heterocycles. The molecule has 3 aromatic rings. The molecule has 2 aromatic heterocycles. The normalized spacial score (nSPS) is 19.0. The lowest BCUT2D eigenvalue weighted by Crippen LogP contribution is -2.38. The lowest BCUT2D eigenvalue weighted by molar-refractivity contribution is 0.415.